The summed E-state index contributed by atoms with van der Waals surface area (Å²) in [5, 5.41) is 6.01. The van der Waals surface area contributed by atoms with E-state index in [9.17, 15) is 9.59 Å². The van der Waals surface area contributed by atoms with Gasteiger partial charge in [0.15, 0.2) is 0 Å². The molecule has 1 aromatic rings. The van der Waals surface area contributed by atoms with Crippen LogP contribution >= 0.6 is 11.8 Å². The molecule has 0 aromatic heterocycles. The summed E-state index contributed by atoms with van der Waals surface area (Å²) in [7, 11) is 0. The quantitative estimate of drug-likeness (QED) is 0.867. The highest BCUT2D eigenvalue weighted by atomic mass is 32.2. The molecular formula is C16H21N3O3S. The molecule has 2 N–H and O–H groups in total. The molecule has 2 saturated heterocycles. The molecule has 2 amide bonds. The maximum atomic E-state index is 12.5. The Morgan fingerprint density at radius 3 is 2.78 bits per heavy atom. The lowest BCUT2D eigenvalue weighted by Gasteiger charge is -2.31. The Hall–Kier alpha value is -1.57. The summed E-state index contributed by atoms with van der Waals surface area (Å²) in [5.74, 6) is 1.57. The number of amides is 2. The van der Waals surface area contributed by atoms with Crippen molar-refractivity contribution in [1.29, 1.82) is 0 Å². The highest BCUT2D eigenvalue weighted by Gasteiger charge is 2.24. The van der Waals surface area contributed by atoms with E-state index < -0.39 is 0 Å². The van der Waals surface area contributed by atoms with E-state index in [4.69, 9.17) is 4.74 Å². The van der Waals surface area contributed by atoms with Crippen molar-refractivity contribution in [2.24, 2.45) is 0 Å². The van der Waals surface area contributed by atoms with Crippen LogP contribution in [0.2, 0.25) is 0 Å². The van der Waals surface area contributed by atoms with E-state index in [-0.39, 0.29) is 24.0 Å². The zero-order chi connectivity index (χ0) is 16.2. The number of ether oxygens (including phenoxy) is 1. The number of nitrogens with one attached hydrogen (secondary N) is 2. The Balaban J connectivity index is 1.60. The van der Waals surface area contributed by atoms with Gasteiger partial charge in [-0.25, -0.2) is 0 Å². The Bertz CT molecular complexity index is 572. The lowest BCUT2D eigenvalue weighted by Crippen LogP contribution is -2.44. The number of carbonyl (C=O) groups is 2. The fourth-order valence-electron chi connectivity index (χ4n) is 2.67. The monoisotopic (exact) mass is 335 g/mol. The Morgan fingerprint density at radius 1 is 1.35 bits per heavy atom. The van der Waals surface area contributed by atoms with Crippen LogP contribution in [0, 0.1) is 0 Å². The number of benzene rings is 1. The summed E-state index contributed by atoms with van der Waals surface area (Å²) in [6, 6.07) is 6.93. The molecule has 2 heterocycles. The third kappa shape index (κ3) is 4.04. The topological polar surface area (TPSA) is 70.7 Å². The third-order valence-electron chi connectivity index (χ3n) is 3.96. The van der Waals surface area contributed by atoms with E-state index in [0.717, 1.165) is 11.6 Å². The molecule has 2 aliphatic rings. The van der Waals surface area contributed by atoms with Crippen molar-refractivity contribution >= 4 is 29.3 Å². The number of hydrogen-bond donors (Lipinski definition) is 2. The minimum absolute atomic E-state index is 0.00638. The fraction of sp³-hybridized carbons (Fsp3) is 0.500. The van der Waals surface area contributed by atoms with Gasteiger partial charge in [0.1, 0.15) is 0 Å². The summed E-state index contributed by atoms with van der Waals surface area (Å²) >= 11 is 1.71. The van der Waals surface area contributed by atoms with Crippen molar-refractivity contribution in [1.82, 2.24) is 10.2 Å². The average molecular weight is 335 g/mol. The number of morpholine rings is 1. The molecule has 124 valence electrons. The SMILES string of the molecule is CC1CN(C(=O)c2ccc(NC(=O)C3CSCN3)cc2)CCO1. The number of hydrogen-bond acceptors (Lipinski definition) is 5. The number of thioether (sulfide) groups is 1. The molecule has 23 heavy (non-hydrogen) atoms. The van der Waals surface area contributed by atoms with Crippen LogP contribution in [-0.4, -0.2) is 60.2 Å². The molecule has 0 bridgehead atoms. The first-order valence-corrected chi connectivity index (χ1v) is 8.92. The number of anilines is 1. The fourth-order valence-corrected chi connectivity index (χ4v) is 3.62. The van der Waals surface area contributed by atoms with Crippen molar-refractivity contribution in [2.45, 2.75) is 19.1 Å². The highest BCUT2D eigenvalue weighted by Crippen LogP contribution is 2.16. The van der Waals surface area contributed by atoms with Crippen molar-refractivity contribution in [3.05, 3.63) is 29.8 Å². The van der Waals surface area contributed by atoms with Gasteiger partial charge in [-0.1, -0.05) is 0 Å². The van der Waals surface area contributed by atoms with Crippen LogP contribution < -0.4 is 10.6 Å². The first kappa shape index (κ1) is 16.3. The van der Waals surface area contributed by atoms with E-state index in [1.54, 1.807) is 40.9 Å². The Labute approximate surface area is 139 Å². The maximum Gasteiger partial charge on any atom is 0.254 e. The van der Waals surface area contributed by atoms with E-state index in [2.05, 4.69) is 10.6 Å². The molecule has 0 saturated carbocycles. The van der Waals surface area contributed by atoms with Gasteiger partial charge in [0, 0.05) is 36.0 Å². The second-order valence-corrected chi connectivity index (χ2v) is 6.80. The van der Waals surface area contributed by atoms with E-state index in [1.807, 2.05) is 6.92 Å². The van der Waals surface area contributed by atoms with Crippen LogP contribution in [0.4, 0.5) is 5.69 Å². The van der Waals surface area contributed by atoms with Gasteiger partial charge in [-0.05, 0) is 31.2 Å². The molecule has 3 rings (SSSR count). The average Bonchev–Trinajstić information content (AvgIpc) is 3.09. The van der Waals surface area contributed by atoms with Gasteiger partial charge in [-0.2, -0.15) is 0 Å². The molecule has 1 aromatic carbocycles. The molecule has 0 aliphatic carbocycles. The summed E-state index contributed by atoms with van der Waals surface area (Å²) in [6.07, 6.45) is 0.0723. The Kier molecular flexibility index (Phi) is 5.20. The number of rotatable bonds is 3. The van der Waals surface area contributed by atoms with Gasteiger partial charge in [-0.3, -0.25) is 14.9 Å². The molecule has 7 heteroatoms. The molecular weight excluding hydrogens is 314 g/mol. The van der Waals surface area contributed by atoms with Gasteiger partial charge >= 0.3 is 0 Å². The molecule has 6 nitrogen and oxygen atoms in total. The second-order valence-electron chi connectivity index (χ2n) is 5.77. The van der Waals surface area contributed by atoms with E-state index in [1.165, 1.54) is 0 Å². The minimum Gasteiger partial charge on any atom is -0.375 e. The van der Waals surface area contributed by atoms with E-state index in [0.29, 0.717) is 30.9 Å². The van der Waals surface area contributed by atoms with Gasteiger partial charge in [0.2, 0.25) is 5.91 Å². The molecule has 0 radical (unpaired) electrons. The van der Waals surface area contributed by atoms with Gasteiger partial charge < -0.3 is 15.0 Å². The molecule has 0 spiro atoms. The second kappa shape index (κ2) is 7.33. The predicted molar refractivity (Wildman–Crippen MR) is 90.6 cm³/mol. The van der Waals surface area contributed by atoms with Gasteiger partial charge in [0.25, 0.3) is 5.91 Å². The molecule has 2 aliphatic heterocycles. The summed E-state index contributed by atoms with van der Waals surface area (Å²) in [5.41, 5.74) is 1.34. The van der Waals surface area contributed by atoms with Crippen LogP contribution in [0.1, 0.15) is 17.3 Å². The zero-order valence-corrected chi connectivity index (χ0v) is 13.9. The van der Waals surface area contributed by atoms with Crippen LogP contribution in [-0.2, 0) is 9.53 Å². The largest absolute Gasteiger partial charge is 0.375 e. The van der Waals surface area contributed by atoms with Crippen LogP contribution in [0.3, 0.4) is 0 Å². The first-order valence-electron chi connectivity index (χ1n) is 7.76. The smallest absolute Gasteiger partial charge is 0.254 e. The van der Waals surface area contributed by atoms with Crippen molar-refractivity contribution in [3.8, 4) is 0 Å². The number of carbonyl (C=O) groups excluding carboxylic acids is 2. The molecule has 2 fully saturated rings. The number of nitrogens with zero attached hydrogens (tertiary/aromatic N) is 1. The van der Waals surface area contributed by atoms with Crippen molar-refractivity contribution in [3.63, 3.8) is 0 Å². The maximum absolute atomic E-state index is 12.5. The predicted octanol–water partition coefficient (Wildman–Crippen LogP) is 1.15. The Morgan fingerprint density at radius 2 is 2.13 bits per heavy atom. The van der Waals surface area contributed by atoms with Crippen LogP contribution in [0.15, 0.2) is 24.3 Å². The lowest BCUT2D eigenvalue weighted by atomic mass is 10.1. The first-order chi connectivity index (χ1) is 11.1. The zero-order valence-electron chi connectivity index (χ0n) is 13.1. The molecule has 2 atom stereocenters. The third-order valence-corrected chi connectivity index (χ3v) is 4.90. The minimum atomic E-state index is -0.142. The van der Waals surface area contributed by atoms with Gasteiger partial charge in [0.05, 0.1) is 18.8 Å². The summed E-state index contributed by atoms with van der Waals surface area (Å²) < 4.78 is 5.46. The summed E-state index contributed by atoms with van der Waals surface area (Å²) in [4.78, 5) is 26.3. The lowest BCUT2D eigenvalue weighted by molar-refractivity contribution is -0.117. The van der Waals surface area contributed by atoms with Crippen LogP contribution in [0.25, 0.3) is 0 Å². The van der Waals surface area contributed by atoms with Crippen molar-refractivity contribution < 1.29 is 14.3 Å². The molecule has 2 unspecified atom stereocenters. The standard InChI is InChI=1S/C16H21N3O3S/c1-11-8-19(6-7-22-11)16(21)12-2-4-13(5-3-12)18-15(20)14-9-23-10-17-14/h2-5,11,14,17H,6-10H2,1H3,(H,18,20). The highest BCUT2D eigenvalue weighted by molar-refractivity contribution is 7.99. The van der Waals surface area contributed by atoms with Crippen molar-refractivity contribution in [2.75, 3.05) is 36.6 Å². The summed E-state index contributed by atoms with van der Waals surface area (Å²) in [6.45, 7) is 3.77. The van der Waals surface area contributed by atoms with E-state index >= 15 is 0 Å². The normalized spacial score (nSPS) is 24.5. The van der Waals surface area contributed by atoms with Gasteiger partial charge in [-0.15, -0.1) is 11.8 Å². The van der Waals surface area contributed by atoms with Crippen LogP contribution in [0.5, 0.6) is 0 Å².